The fourth-order valence-electron chi connectivity index (χ4n) is 2.76. The van der Waals surface area contributed by atoms with Crippen molar-refractivity contribution in [3.63, 3.8) is 0 Å². The molecule has 0 spiro atoms. The molecule has 1 aliphatic rings. The van der Waals surface area contributed by atoms with Crippen molar-refractivity contribution < 1.29 is 5.11 Å². The van der Waals surface area contributed by atoms with Crippen LogP contribution in [0.3, 0.4) is 0 Å². The number of nitrogens with zero attached hydrogens (tertiary/aromatic N) is 1. The van der Waals surface area contributed by atoms with Crippen LogP contribution in [-0.2, 0) is 6.54 Å². The number of rotatable bonds is 3. The molecule has 1 aliphatic heterocycles. The van der Waals surface area contributed by atoms with Crippen molar-refractivity contribution >= 4 is 15.9 Å². The number of halogens is 1. The first-order valence-electron chi connectivity index (χ1n) is 6.55. The largest absolute Gasteiger partial charge is 0.508 e. The molecule has 2 atom stereocenters. The van der Waals surface area contributed by atoms with Crippen molar-refractivity contribution in [3.05, 3.63) is 28.2 Å². The van der Waals surface area contributed by atoms with Crippen LogP contribution in [0, 0.1) is 0 Å². The number of phenols is 1. The first kappa shape index (κ1) is 13.8. The molecule has 0 saturated carbocycles. The molecule has 1 saturated heterocycles. The molecule has 0 amide bonds. The maximum atomic E-state index is 9.93. The van der Waals surface area contributed by atoms with Crippen LogP contribution < -0.4 is 5.73 Å². The Morgan fingerprint density at radius 2 is 2.22 bits per heavy atom. The molecule has 2 rings (SSSR count). The van der Waals surface area contributed by atoms with Gasteiger partial charge in [-0.25, -0.2) is 0 Å². The molecule has 3 N–H and O–H groups in total. The smallest absolute Gasteiger partial charge is 0.120 e. The summed E-state index contributed by atoms with van der Waals surface area (Å²) in [6.45, 7) is 3.71. The van der Waals surface area contributed by atoms with E-state index in [4.69, 9.17) is 5.73 Å². The molecule has 0 radical (unpaired) electrons. The van der Waals surface area contributed by atoms with E-state index >= 15 is 0 Å². The van der Waals surface area contributed by atoms with E-state index in [1.165, 1.54) is 12.8 Å². The molecule has 1 fully saturated rings. The number of hydrogen-bond acceptors (Lipinski definition) is 3. The average Bonchev–Trinajstić information content (AvgIpc) is 2.36. The first-order chi connectivity index (χ1) is 8.61. The SMILES string of the molecule is CC1CCCC(CN)N1Cc1cc(Br)ccc1O. The summed E-state index contributed by atoms with van der Waals surface area (Å²) < 4.78 is 1.00. The summed E-state index contributed by atoms with van der Waals surface area (Å²) in [6.07, 6.45) is 3.63. The quantitative estimate of drug-likeness (QED) is 0.902. The van der Waals surface area contributed by atoms with E-state index in [9.17, 15) is 5.11 Å². The second-order valence-corrected chi connectivity index (χ2v) is 6.03. The standard InChI is InChI=1S/C14H21BrN2O/c1-10-3-2-4-13(8-16)17(10)9-11-7-12(15)5-6-14(11)18/h5-7,10,13,18H,2-4,8-9,16H2,1H3. The molecule has 2 unspecified atom stereocenters. The average molecular weight is 313 g/mol. The Bertz CT molecular complexity index is 411. The van der Waals surface area contributed by atoms with Gasteiger partial charge < -0.3 is 10.8 Å². The third kappa shape index (κ3) is 3.05. The number of aromatic hydroxyl groups is 1. The fraction of sp³-hybridized carbons (Fsp3) is 0.571. The van der Waals surface area contributed by atoms with Crippen molar-refractivity contribution in [2.75, 3.05) is 6.54 Å². The van der Waals surface area contributed by atoms with Crippen molar-refractivity contribution in [2.45, 2.75) is 44.8 Å². The molecule has 3 nitrogen and oxygen atoms in total. The Labute approximate surface area is 117 Å². The lowest BCUT2D eigenvalue weighted by Gasteiger charge is -2.40. The van der Waals surface area contributed by atoms with E-state index in [-0.39, 0.29) is 0 Å². The van der Waals surface area contributed by atoms with Gasteiger partial charge in [-0.1, -0.05) is 22.4 Å². The molecule has 0 aromatic heterocycles. The van der Waals surface area contributed by atoms with Gasteiger partial charge in [0.2, 0.25) is 0 Å². The van der Waals surface area contributed by atoms with Gasteiger partial charge in [-0.15, -0.1) is 0 Å². The molecule has 18 heavy (non-hydrogen) atoms. The Kier molecular flexibility index (Phi) is 4.65. The van der Waals surface area contributed by atoms with Crippen molar-refractivity contribution in [3.8, 4) is 5.75 Å². The zero-order chi connectivity index (χ0) is 13.1. The number of piperidine rings is 1. The minimum Gasteiger partial charge on any atom is -0.508 e. The summed E-state index contributed by atoms with van der Waals surface area (Å²) >= 11 is 3.45. The highest BCUT2D eigenvalue weighted by atomic mass is 79.9. The Morgan fingerprint density at radius 1 is 1.44 bits per heavy atom. The van der Waals surface area contributed by atoms with Gasteiger partial charge in [0, 0.05) is 35.2 Å². The molecule has 100 valence electrons. The van der Waals surface area contributed by atoms with E-state index in [2.05, 4.69) is 27.8 Å². The predicted molar refractivity (Wildman–Crippen MR) is 77.5 cm³/mol. The van der Waals surface area contributed by atoms with E-state index in [0.29, 0.717) is 24.4 Å². The highest BCUT2D eigenvalue weighted by molar-refractivity contribution is 9.10. The molecule has 0 aliphatic carbocycles. The van der Waals surface area contributed by atoms with E-state index in [0.717, 1.165) is 23.0 Å². The van der Waals surface area contributed by atoms with E-state index in [1.807, 2.05) is 12.1 Å². The van der Waals surface area contributed by atoms with E-state index < -0.39 is 0 Å². The third-order valence-corrected chi connectivity index (χ3v) is 4.35. The lowest BCUT2D eigenvalue weighted by Crippen LogP contribution is -2.48. The van der Waals surface area contributed by atoms with Crippen LogP contribution in [0.25, 0.3) is 0 Å². The van der Waals surface area contributed by atoms with Crippen LogP contribution in [0.15, 0.2) is 22.7 Å². The minimum atomic E-state index is 0.367. The number of hydrogen-bond donors (Lipinski definition) is 2. The summed E-state index contributed by atoms with van der Waals surface area (Å²) in [5.41, 5.74) is 6.83. The van der Waals surface area contributed by atoms with Crippen LogP contribution >= 0.6 is 15.9 Å². The monoisotopic (exact) mass is 312 g/mol. The van der Waals surface area contributed by atoms with Gasteiger partial charge in [0.05, 0.1) is 0 Å². The summed E-state index contributed by atoms with van der Waals surface area (Å²) in [4.78, 5) is 2.42. The molecule has 1 aromatic carbocycles. The second-order valence-electron chi connectivity index (χ2n) is 5.11. The highest BCUT2D eigenvalue weighted by Gasteiger charge is 2.27. The molecule has 0 bridgehead atoms. The van der Waals surface area contributed by atoms with Crippen molar-refractivity contribution in [1.82, 2.24) is 4.90 Å². The topological polar surface area (TPSA) is 49.5 Å². The third-order valence-electron chi connectivity index (χ3n) is 3.86. The zero-order valence-corrected chi connectivity index (χ0v) is 12.4. The molecule has 4 heteroatoms. The summed E-state index contributed by atoms with van der Waals surface area (Å²) in [6, 6.07) is 6.56. The van der Waals surface area contributed by atoms with Gasteiger partial charge in [0.1, 0.15) is 5.75 Å². The lowest BCUT2D eigenvalue weighted by atomic mass is 9.95. The van der Waals surface area contributed by atoms with Crippen LogP contribution in [0.4, 0.5) is 0 Å². The van der Waals surface area contributed by atoms with Crippen LogP contribution in [0.1, 0.15) is 31.7 Å². The van der Waals surface area contributed by atoms with Gasteiger partial charge in [-0.05, 0) is 38.0 Å². The lowest BCUT2D eigenvalue weighted by molar-refractivity contribution is 0.0883. The van der Waals surface area contributed by atoms with Gasteiger partial charge in [0.15, 0.2) is 0 Å². The Balaban J connectivity index is 2.17. The van der Waals surface area contributed by atoms with Crippen LogP contribution in [-0.4, -0.2) is 28.6 Å². The maximum Gasteiger partial charge on any atom is 0.120 e. The molecular weight excluding hydrogens is 292 g/mol. The minimum absolute atomic E-state index is 0.367. The van der Waals surface area contributed by atoms with E-state index in [1.54, 1.807) is 6.07 Å². The van der Waals surface area contributed by atoms with Crippen LogP contribution in [0.5, 0.6) is 5.75 Å². The zero-order valence-electron chi connectivity index (χ0n) is 10.8. The van der Waals surface area contributed by atoms with Gasteiger partial charge >= 0.3 is 0 Å². The first-order valence-corrected chi connectivity index (χ1v) is 7.34. The number of phenolic OH excluding ortho intramolecular Hbond substituents is 1. The Morgan fingerprint density at radius 3 is 2.94 bits per heavy atom. The normalized spacial score (nSPS) is 25.3. The predicted octanol–water partition coefficient (Wildman–Crippen LogP) is 2.86. The molecular formula is C14H21BrN2O. The van der Waals surface area contributed by atoms with Crippen LogP contribution in [0.2, 0.25) is 0 Å². The number of nitrogens with two attached hydrogens (primary N) is 1. The molecule has 1 aromatic rings. The summed E-state index contributed by atoms with van der Waals surface area (Å²) in [7, 11) is 0. The number of benzene rings is 1. The van der Waals surface area contributed by atoms with Gasteiger partial charge in [-0.2, -0.15) is 0 Å². The van der Waals surface area contributed by atoms with Gasteiger partial charge in [0.25, 0.3) is 0 Å². The van der Waals surface area contributed by atoms with Crippen molar-refractivity contribution in [1.29, 1.82) is 0 Å². The summed E-state index contributed by atoms with van der Waals surface area (Å²) in [5.74, 6) is 0.367. The summed E-state index contributed by atoms with van der Waals surface area (Å²) in [5, 5.41) is 9.93. The molecule has 1 heterocycles. The highest BCUT2D eigenvalue weighted by Crippen LogP contribution is 2.28. The van der Waals surface area contributed by atoms with Crippen molar-refractivity contribution in [2.24, 2.45) is 5.73 Å². The number of likely N-dealkylation sites (tertiary alicyclic amines) is 1. The fourth-order valence-corrected chi connectivity index (χ4v) is 3.16. The second kappa shape index (κ2) is 6.04. The Hall–Kier alpha value is -0.580. The van der Waals surface area contributed by atoms with Gasteiger partial charge in [-0.3, -0.25) is 4.90 Å². The maximum absolute atomic E-state index is 9.93.